The Morgan fingerprint density at radius 1 is 1.25 bits per heavy atom. The number of carboxylic acid groups (broad SMARTS) is 1. The summed E-state index contributed by atoms with van der Waals surface area (Å²) in [5.74, 6) is -0.668. The fourth-order valence-corrected chi connectivity index (χ4v) is 4.09. The number of likely N-dealkylation sites (tertiary alicyclic amines) is 1. The highest BCUT2D eigenvalue weighted by Crippen LogP contribution is 2.34. The Bertz CT molecular complexity index is 788. The minimum absolute atomic E-state index is 0.0709. The quantitative estimate of drug-likeness (QED) is 0.627. The van der Waals surface area contributed by atoms with Crippen LogP contribution in [0.3, 0.4) is 0 Å². The number of carbonyl (C=O) groups is 2. The van der Waals surface area contributed by atoms with Crippen LogP contribution < -0.4 is 4.90 Å². The topological polar surface area (TPSA) is 104 Å². The molecule has 8 heteroatoms. The Hall–Kier alpha value is -2.64. The first-order valence-electron chi connectivity index (χ1n) is 9.77. The van der Waals surface area contributed by atoms with Gasteiger partial charge in [0.05, 0.1) is 10.3 Å². The van der Waals surface area contributed by atoms with E-state index in [1.54, 1.807) is 19.1 Å². The molecule has 1 N–H and O–H groups in total. The first kappa shape index (κ1) is 20.1. The number of rotatable bonds is 4. The Balaban J connectivity index is 1.84. The Morgan fingerprint density at radius 3 is 2.54 bits per heavy atom. The van der Waals surface area contributed by atoms with E-state index in [1.165, 1.54) is 11.0 Å². The normalized spacial score (nSPS) is 23.5. The molecule has 1 aromatic carbocycles. The second kappa shape index (κ2) is 7.77. The molecule has 2 saturated heterocycles. The number of carboxylic acids is 1. The predicted molar refractivity (Wildman–Crippen MR) is 105 cm³/mol. The molecule has 1 atom stereocenters. The van der Waals surface area contributed by atoms with Gasteiger partial charge in [-0.15, -0.1) is 0 Å². The third kappa shape index (κ3) is 3.95. The number of hydrogen-bond acceptors (Lipinski definition) is 5. The number of hydrogen-bond donors (Lipinski definition) is 1. The van der Waals surface area contributed by atoms with Crippen LogP contribution in [0.2, 0.25) is 0 Å². The van der Waals surface area contributed by atoms with Crippen molar-refractivity contribution in [3.8, 4) is 0 Å². The van der Waals surface area contributed by atoms with Crippen molar-refractivity contribution in [1.29, 1.82) is 0 Å². The van der Waals surface area contributed by atoms with Gasteiger partial charge in [0.2, 0.25) is 0 Å². The van der Waals surface area contributed by atoms with E-state index in [0.717, 1.165) is 25.9 Å². The molecule has 8 nitrogen and oxygen atoms in total. The van der Waals surface area contributed by atoms with E-state index in [0.29, 0.717) is 31.0 Å². The zero-order valence-corrected chi connectivity index (χ0v) is 16.4. The number of nitrogens with zero attached hydrogens (tertiary/aromatic N) is 3. The molecule has 3 rings (SSSR count). The van der Waals surface area contributed by atoms with Crippen LogP contribution in [0.5, 0.6) is 0 Å². The van der Waals surface area contributed by atoms with Crippen LogP contribution in [0.4, 0.5) is 11.4 Å². The van der Waals surface area contributed by atoms with Gasteiger partial charge in [0.15, 0.2) is 0 Å². The number of anilines is 1. The maximum absolute atomic E-state index is 12.9. The Labute approximate surface area is 164 Å². The van der Waals surface area contributed by atoms with Gasteiger partial charge in [-0.2, -0.15) is 0 Å². The molecule has 2 fully saturated rings. The lowest BCUT2D eigenvalue weighted by molar-refractivity contribution is -0.384. The summed E-state index contributed by atoms with van der Waals surface area (Å²) in [6.45, 7) is 5.91. The van der Waals surface area contributed by atoms with Crippen molar-refractivity contribution in [1.82, 2.24) is 4.90 Å². The van der Waals surface area contributed by atoms with Crippen LogP contribution in [-0.2, 0) is 4.79 Å². The second-order valence-corrected chi connectivity index (χ2v) is 8.33. The van der Waals surface area contributed by atoms with E-state index in [4.69, 9.17) is 0 Å². The van der Waals surface area contributed by atoms with Crippen LogP contribution in [0.15, 0.2) is 18.2 Å². The van der Waals surface area contributed by atoms with Gasteiger partial charge < -0.3 is 14.9 Å². The smallest absolute Gasteiger partial charge is 0.311 e. The fraction of sp³-hybridized carbons (Fsp3) is 0.600. The SMILES string of the molecule is CC1CCN(c2ccc(C(=O)N3CCCC(C)(C(=O)O)C3)cc2[N+](=O)[O-])CC1. The molecule has 2 aliphatic rings. The van der Waals surface area contributed by atoms with Crippen molar-refractivity contribution in [2.24, 2.45) is 11.3 Å². The van der Waals surface area contributed by atoms with Crippen molar-refractivity contribution in [2.45, 2.75) is 39.5 Å². The monoisotopic (exact) mass is 389 g/mol. The van der Waals surface area contributed by atoms with Crippen LogP contribution in [-0.4, -0.2) is 53.0 Å². The van der Waals surface area contributed by atoms with E-state index in [9.17, 15) is 24.8 Å². The maximum atomic E-state index is 12.9. The molecule has 0 aromatic heterocycles. The van der Waals surface area contributed by atoms with Gasteiger partial charge in [-0.3, -0.25) is 19.7 Å². The molecule has 0 saturated carbocycles. The molecule has 2 aliphatic heterocycles. The van der Waals surface area contributed by atoms with Crippen molar-refractivity contribution < 1.29 is 19.6 Å². The molecule has 0 radical (unpaired) electrons. The second-order valence-electron chi connectivity index (χ2n) is 8.33. The molecule has 2 heterocycles. The maximum Gasteiger partial charge on any atom is 0.311 e. The van der Waals surface area contributed by atoms with Gasteiger partial charge in [-0.05, 0) is 50.7 Å². The molecule has 28 heavy (non-hydrogen) atoms. The van der Waals surface area contributed by atoms with E-state index in [2.05, 4.69) is 6.92 Å². The highest BCUT2D eigenvalue weighted by molar-refractivity contribution is 5.96. The van der Waals surface area contributed by atoms with Crippen LogP contribution in [0.25, 0.3) is 0 Å². The lowest BCUT2D eigenvalue weighted by Gasteiger charge is -2.37. The Morgan fingerprint density at radius 2 is 1.93 bits per heavy atom. The lowest BCUT2D eigenvalue weighted by atomic mass is 9.82. The predicted octanol–water partition coefficient (Wildman–Crippen LogP) is 3.16. The number of aliphatic carboxylic acids is 1. The van der Waals surface area contributed by atoms with Crippen LogP contribution in [0.1, 0.15) is 49.9 Å². The number of piperidine rings is 2. The molecule has 1 unspecified atom stereocenters. The van der Waals surface area contributed by atoms with Crippen molar-refractivity contribution in [2.75, 3.05) is 31.1 Å². The highest BCUT2D eigenvalue weighted by Gasteiger charge is 2.39. The average molecular weight is 389 g/mol. The minimum atomic E-state index is -0.982. The number of carbonyl (C=O) groups excluding carboxylic acids is 1. The minimum Gasteiger partial charge on any atom is -0.481 e. The standard InChI is InChI=1S/C20H27N3O5/c1-14-6-10-21(11-7-14)16-5-4-15(12-17(16)23(27)28)18(24)22-9-3-8-20(2,13-22)19(25)26/h4-5,12,14H,3,6-11,13H2,1-2H3,(H,25,26). The van der Waals surface area contributed by atoms with Crippen molar-refractivity contribution >= 4 is 23.3 Å². The number of nitro benzene ring substituents is 1. The average Bonchev–Trinajstić information content (AvgIpc) is 2.67. The number of benzene rings is 1. The molecule has 0 spiro atoms. The third-order valence-electron chi connectivity index (χ3n) is 6.04. The molecule has 1 aromatic rings. The summed E-state index contributed by atoms with van der Waals surface area (Å²) in [4.78, 5) is 39.2. The summed E-state index contributed by atoms with van der Waals surface area (Å²) in [5.41, 5.74) is -0.277. The number of nitro groups is 1. The van der Waals surface area contributed by atoms with E-state index in [1.807, 2.05) is 4.90 Å². The lowest BCUT2D eigenvalue weighted by Crippen LogP contribution is -2.48. The van der Waals surface area contributed by atoms with Gasteiger partial charge in [0, 0.05) is 37.8 Å². The summed E-state index contributed by atoms with van der Waals surface area (Å²) in [6, 6.07) is 4.61. The molecule has 152 valence electrons. The van der Waals surface area contributed by atoms with Crippen LogP contribution in [0, 0.1) is 21.4 Å². The molecule has 0 aliphatic carbocycles. The summed E-state index contributed by atoms with van der Waals surface area (Å²) in [6.07, 6.45) is 3.08. The molecular formula is C20H27N3O5. The van der Waals surface area contributed by atoms with E-state index >= 15 is 0 Å². The summed E-state index contributed by atoms with van der Waals surface area (Å²) >= 11 is 0. The first-order chi connectivity index (χ1) is 13.2. The largest absolute Gasteiger partial charge is 0.481 e. The van der Waals surface area contributed by atoms with Gasteiger partial charge >= 0.3 is 5.97 Å². The van der Waals surface area contributed by atoms with Crippen LogP contribution >= 0.6 is 0 Å². The van der Waals surface area contributed by atoms with E-state index in [-0.39, 0.29) is 23.7 Å². The zero-order chi connectivity index (χ0) is 20.5. The molecular weight excluding hydrogens is 362 g/mol. The van der Waals surface area contributed by atoms with E-state index < -0.39 is 16.3 Å². The van der Waals surface area contributed by atoms with Gasteiger partial charge in [0.1, 0.15) is 5.69 Å². The highest BCUT2D eigenvalue weighted by atomic mass is 16.6. The third-order valence-corrected chi connectivity index (χ3v) is 6.04. The van der Waals surface area contributed by atoms with Crippen molar-refractivity contribution in [3.63, 3.8) is 0 Å². The van der Waals surface area contributed by atoms with Crippen molar-refractivity contribution in [3.05, 3.63) is 33.9 Å². The van der Waals surface area contributed by atoms with Gasteiger partial charge in [-0.25, -0.2) is 0 Å². The van der Waals surface area contributed by atoms with Gasteiger partial charge in [0.25, 0.3) is 11.6 Å². The zero-order valence-electron chi connectivity index (χ0n) is 16.4. The molecule has 0 bridgehead atoms. The van der Waals surface area contributed by atoms with Gasteiger partial charge in [-0.1, -0.05) is 6.92 Å². The summed E-state index contributed by atoms with van der Waals surface area (Å²) in [7, 11) is 0. The number of amides is 1. The summed E-state index contributed by atoms with van der Waals surface area (Å²) in [5, 5.41) is 21.1. The Kier molecular flexibility index (Phi) is 5.58. The summed E-state index contributed by atoms with van der Waals surface area (Å²) < 4.78 is 0. The first-order valence-corrected chi connectivity index (χ1v) is 9.77. The molecule has 1 amide bonds. The fourth-order valence-electron chi connectivity index (χ4n) is 4.09.